The van der Waals surface area contributed by atoms with Crippen molar-refractivity contribution in [3.63, 3.8) is 0 Å². The van der Waals surface area contributed by atoms with Gasteiger partial charge >= 0.3 is 0 Å². The number of ether oxygens (including phenoxy) is 2. The SMILES string of the molecule is COc1cc(/C=C/c2ccc3c(c2)C[C@@H]2C(C)(C)[C@H](O)CC[C@@]2(C)O3)cc(O)c1C/C=C(\C)CCC=C(C)C. The molecule has 2 N–H and O–H groups in total. The maximum Gasteiger partial charge on any atom is 0.126 e. The maximum atomic E-state index is 10.8. The molecular formula is C35H46O4. The quantitative estimate of drug-likeness (QED) is 0.266. The fourth-order valence-electron chi connectivity index (χ4n) is 6.32. The molecule has 1 aliphatic heterocycles. The summed E-state index contributed by atoms with van der Waals surface area (Å²) in [5.74, 6) is 2.14. The zero-order chi connectivity index (χ0) is 28.4. The number of methoxy groups -OCH3 is 1. The molecule has 1 heterocycles. The summed E-state index contributed by atoms with van der Waals surface area (Å²) in [7, 11) is 1.65. The minimum atomic E-state index is -0.309. The van der Waals surface area contributed by atoms with Crippen LogP contribution in [-0.4, -0.2) is 29.0 Å². The normalized spacial score (nSPS) is 24.1. The summed E-state index contributed by atoms with van der Waals surface area (Å²) in [6.07, 6.45) is 13.4. The van der Waals surface area contributed by atoms with Crippen molar-refractivity contribution in [2.75, 3.05) is 7.11 Å². The molecule has 0 unspecified atom stereocenters. The van der Waals surface area contributed by atoms with E-state index in [4.69, 9.17) is 9.47 Å². The molecule has 4 rings (SSSR count). The van der Waals surface area contributed by atoms with E-state index < -0.39 is 0 Å². The number of phenols is 1. The number of allylic oxidation sites excluding steroid dienone is 4. The Labute approximate surface area is 235 Å². The van der Waals surface area contributed by atoms with Crippen LogP contribution in [0.3, 0.4) is 0 Å². The highest BCUT2D eigenvalue weighted by molar-refractivity contribution is 5.72. The van der Waals surface area contributed by atoms with E-state index in [1.54, 1.807) is 13.2 Å². The van der Waals surface area contributed by atoms with Crippen LogP contribution in [0.15, 0.2) is 53.6 Å². The molecular weight excluding hydrogens is 484 g/mol. The number of phenolic OH excluding ortho intramolecular Hbond substituents is 1. The Bertz CT molecular complexity index is 1280. The predicted molar refractivity (Wildman–Crippen MR) is 161 cm³/mol. The van der Waals surface area contributed by atoms with Crippen LogP contribution in [-0.2, 0) is 12.8 Å². The van der Waals surface area contributed by atoms with Gasteiger partial charge in [-0.25, -0.2) is 0 Å². The molecule has 0 bridgehead atoms. The van der Waals surface area contributed by atoms with Crippen LogP contribution in [0.5, 0.6) is 17.2 Å². The van der Waals surface area contributed by atoms with Gasteiger partial charge in [-0.15, -0.1) is 0 Å². The number of hydrogen-bond donors (Lipinski definition) is 2. The van der Waals surface area contributed by atoms with Gasteiger partial charge in [0.25, 0.3) is 0 Å². The van der Waals surface area contributed by atoms with Crippen LogP contribution in [0.4, 0.5) is 0 Å². The topological polar surface area (TPSA) is 58.9 Å². The van der Waals surface area contributed by atoms with E-state index in [0.29, 0.717) is 12.2 Å². The highest BCUT2D eigenvalue weighted by Gasteiger charge is 2.54. The van der Waals surface area contributed by atoms with Crippen LogP contribution in [0.1, 0.15) is 89.5 Å². The number of benzene rings is 2. The second kappa shape index (κ2) is 11.6. The third-order valence-corrected chi connectivity index (χ3v) is 8.90. The molecule has 0 radical (unpaired) electrons. The smallest absolute Gasteiger partial charge is 0.126 e. The van der Waals surface area contributed by atoms with Crippen molar-refractivity contribution >= 4 is 12.2 Å². The molecule has 4 nitrogen and oxygen atoms in total. The lowest BCUT2D eigenvalue weighted by molar-refractivity contribution is -0.137. The third kappa shape index (κ3) is 6.44. The molecule has 0 saturated heterocycles. The Morgan fingerprint density at radius 2 is 1.79 bits per heavy atom. The van der Waals surface area contributed by atoms with Crippen molar-refractivity contribution < 1.29 is 19.7 Å². The van der Waals surface area contributed by atoms with Gasteiger partial charge in [0.05, 0.1) is 13.2 Å². The van der Waals surface area contributed by atoms with E-state index in [-0.39, 0.29) is 28.8 Å². The number of hydrogen-bond acceptors (Lipinski definition) is 4. The minimum absolute atomic E-state index is 0.203. The van der Waals surface area contributed by atoms with Gasteiger partial charge in [-0.05, 0) is 113 Å². The lowest BCUT2D eigenvalue weighted by atomic mass is 9.58. The first kappa shape index (κ1) is 29.0. The molecule has 2 aromatic rings. The van der Waals surface area contributed by atoms with Crippen molar-refractivity contribution in [3.05, 3.63) is 75.9 Å². The zero-order valence-electron chi connectivity index (χ0n) is 24.8. The Balaban J connectivity index is 1.51. The van der Waals surface area contributed by atoms with Gasteiger partial charge in [0.2, 0.25) is 0 Å². The lowest BCUT2D eigenvalue weighted by Gasteiger charge is -2.55. The molecule has 2 aromatic carbocycles. The van der Waals surface area contributed by atoms with Gasteiger partial charge in [0.1, 0.15) is 22.8 Å². The maximum absolute atomic E-state index is 10.8. The fraction of sp³-hybridized carbons (Fsp3) is 0.486. The van der Waals surface area contributed by atoms with Gasteiger partial charge in [-0.2, -0.15) is 0 Å². The van der Waals surface area contributed by atoms with E-state index >= 15 is 0 Å². The summed E-state index contributed by atoms with van der Waals surface area (Å²) in [6, 6.07) is 10.1. The molecule has 2 aliphatic rings. The van der Waals surface area contributed by atoms with Crippen LogP contribution >= 0.6 is 0 Å². The van der Waals surface area contributed by atoms with E-state index in [2.05, 4.69) is 78.0 Å². The Morgan fingerprint density at radius 1 is 1.05 bits per heavy atom. The van der Waals surface area contributed by atoms with Gasteiger partial charge < -0.3 is 19.7 Å². The van der Waals surface area contributed by atoms with Gasteiger partial charge in [-0.3, -0.25) is 0 Å². The Hall–Kier alpha value is -2.98. The molecule has 39 heavy (non-hydrogen) atoms. The van der Waals surface area contributed by atoms with E-state index in [9.17, 15) is 10.2 Å². The molecule has 0 spiro atoms. The Morgan fingerprint density at radius 3 is 2.51 bits per heavy atom. The molecule has 0 aromatic heterocycles. The van der Waals surface area contributed by atoms with Crippen LogP contribution in [0.25, 0.3) is 12.2 Å². The summed E-state index contributed by atoms with van der Waals surface area (Å²) in [5, 5.41) is 21.5. The standard InChI is InChI=1S/C35H46O4/c1-23(2)9-8-10-24(3)11-15-28-29(36)20-26(21-31(28)38-7)13-12-25-14-16-30-27(19-25)22-32-34(4,5)33(37)17-18-35(32,6)39-30/h9,11-14,16,19-21,32-33,36-37H,8,10,15,17-18,22H2,1-7H3/b13-12+,24-11+/t32-,33-,35-/m1/s1. The van der Waals surface area contributed by atoms with Crippen molar-refractivity contribution in [1.82, 2.24) is 0 Å². The highest BCUT2D eigenvalue weighted by atomic mass is 16.5. The first-order chi connectivity index (χ1) is 18.4. The van der Waals surface area contributed by atoms with Crippen LogP contribution in [0.2, 0.25) is 0 Å². The largest absolute Gasteiger partial charge is 0.507 e. The molecule has 1 aliphatic carbocycles. The number of aliphatic hydroxyl groups excluding tert-OH is 1. The Kier molecular flexibility index (Phi) is 8.66. The molecule has 1 saturated carbocycles. The van der Waals surface area contributed by atoms with Crippen molar-refractivity contribution in [2.45, 2.75) is 91.8 Å². The zero-order valence-corrected chi connectivity index (χ0v) is 24.8. The number of aliphatic hydroxyl groups is 1. The molecule has 0 amide bonds. The summed E-state index contributed by atoms with van der Waals surface area (Å²) in [6.45, 7) is 12.9. The van der Waals surface area contributed by atoms with Crippen molar-refractivity contribution in [2.24, 2.45) is 11.3 Å². The number of rotatable bonds is 8. The van der Waals surface area contributed by atoms with Crippen molar-refractivity contribution in [1.29, 1.82) is 0 Å². The molecule has 4 heteroatoms. The monoisotopic (exact) mass is 530 g/mol. The second-order valence-electron chi connectivity index (χ2n) is 12.5. The van der Waals surface area contributed by atoms with Crippen LogP contribution < -0.4 is 9.47 Å². The van der Waals surface area contributed by atoms with Gasteiger partial charge in [0, 0.05) is 11.5 Å². The summed E-state index contributed by atoms with van der Waals surface area (Å²) < 4.78 is 12.2. The van der Waals surface area contributed by atoms with Crippen molar-refractivity contribution in [3.8, 4) is 17.2 Å². The summed E-state index contributed by atoms with van der Waals surface area (Å²) in [4.78, 5) is 0. The van der Waals surface area contributed by atoms with Gasteiger partial charge in [-0.1, -0.05) is 55.4 Å². The predicted octanol–water partition coefficient (Wildman–Crippen LogP) is 8.30. The average molecular weight is 531 g/mol. The highest BCUT2D eigenvalue weighted by Crippen LogP contribution is 2.53. The molecule has 3 atom stereocenters. The summed E-state index contributed by atoms with van der Waals surface area (Å²) in [5.41, 5.74) is 6.15. The number of aromatic hydroxyl groups is 1. The lowest BCUT2D eigenvalue weighted by Crippen LogP contribution is -2.58. The summed E-state index contributed by atoms with van der Waals surface area (Å²) >= 11 is 0. The minimum Gasteiger partial charge on any atom is -0.507 e. The second-order valence-corrected chi connectivity index (χ2v) is 12.5. The molecule has 1 fully saturated rings. The fourth-order valence-corrected chi connectivity index (χ4v) is 6.32. The molecule has 210 valence electrons. The first-order valence-corrected chi connectivity index (χ1v) is 14.3. The number of fused-ring (bicyclic) bond motifs is 2. The van der Waals surface area contributed by atoms with Gasteiger partial charge in [0.15, 0.2) is 0 Å². The van der Waals surface area contributed by atoms with Crippen LogP contribution in [0, 0.1) is 11.3 Å². The average Bonchev–Trinajstić information content (AvgIpc) is 2.88. The first-order valence-electron chi connectivity index (χ1n) is 14.3. The van der Waals surface area contributed by atoms with E-state index in [0.717, 1.165) is 54.5 Å². The van der Waals surface area contributed by atoms with E-state index in [1.807, 2.05) is 12.1 Å². The third-order valence-electron chi connectivity index (χ3n) is 8.90. The van der Waals surface area contributed by atoms with E-state index in [1.165, 1.54) is 16.7 Å².